The molecule has 4 aromatic rings. The number of carbonyl (C=O) groups excluding carboxylic acids is 1. The van der Waals surface area contributed by atoms with Crippen molar-refractivity contribution in [3.8, 4) is 0 Å². The molecular formula is C53H64O8. The van der Waals surface area contributed by atoms with Crippen molar-refractivity contribution in [2.45, 2.75) is 92.4 Å². The summed E-state index contributed by atoms with van der Waals surface area (Å²) in [6.07, 6.45) is 9.88. The molecule has 6 atom stereocenters. The van der Waals surface area contributed by atoms with Crippen molar-refractivity contribution >= 4 is 23.9 Å². The molecule has 0 radical (unpaired) electrons. The smallest absolute Gasteiger partial charge is 0.335 e. The molecule has 6 unspecified atom stereocenters. The van der Waals surface area contributed by atoms with E-state index in [1.807, 2.05) is 92.7 Å². The molecule has 0 bridgehead atoms. The van der Waals surface area contributed by atoms with Gasteiger partial charge < -0.3 is 20.1 Å². The predicted molar refractivity (Wildman–Crippen MR) is 246 cm³/mol. The van der Waals surface area contributed by atoms with Crippen LogP contribution in [0.4, 0.5) is 0 Å². The number of ether oxygens (including phenoxy) is 1. The Morgan fingerprint density at radius 2 is 0.984 bits per heavy atom. The van der Waals surface area contributed by atoms with Crippen molar-refractivity contribution in [1.82, 2.24) is 0 Å². The first-order chi connectivity index (χ1) is 28.9. The van der Waals surface area contributed by atoms with Crippen LogP contribution < -0.4 is 0 Å². The Balaban J connectivity index is 0.000000317. The van der Waals surface area contributed by atoms with Gasteiger partial charge in [-0.25, -0.2) is 4.79 Å². The minimum atomic E-state index is -0.972. The van der Waals surface area contributed by atoms with E-state index in [-0.39, 0.29) is 36.8 Å². The zero-order valence-electron chi connectivity index (χ0n) is 37.1. The van der Waals surface area contributed by atoms with Gasteiger partial charge >= 0.3 is 23.9 Å². The normalized spacial score (nSPS) is 14.7. The van der Waals surface area contributed by atoms with Crippen molar-refractivity contribution in [3.63, 3.8) is 0 Å². The van der Waals surface area contributed by atoms with Gasteiger partial charge in [-0.05, 0) is 86.8 Å². The van der Waals surface area contributed by atoms with Gasteiger partial charge in [0.05, 0.1) is 23.8 Å². The Bertz CT molecular complexity index is 2080. The molecule has 0 heterocycles. The van der Waals surface area contributed by atoms with Gasteiger partial charge in [0.25, 0.3) is 0 Å². The number of aliphatic carboxylic acids is 2. The van der Waals surface area contributed by atoms with Crippen LogP contribution in [0.5, 0.6) is 0 Å². The van der Waals surface area contributed by atoms with Gasteiger partial charge in [-0.1, -0.05) is 178 Å². The Kier molecular flexibility index (Phi) is 22.3. The van der Waals surface area contributed by atoms with Gasteiger partial charge in [0, 0.05) is 5.92 Å². The first kappa shape index (κ1) is 50.9. The summed E-state index contributed by atoms with van der Waals surface area (Å²) in [7, 11) is 0. The molecule has 61 heavy (non-hydrogen) atoms. The van der Waals surface area contributed by atoms with E-state index >= 15 is 0 Å². The Morgan fingerprint density at radius 1 is 0.557 bits per heavy atom. The lowest BCUT2D eigenvalue weighted by Crippen LogP contribution is -2.18. The quantitative estimate of drug-likeness (QED) is 0.0543. The molecule has 0 aliphatic carbocycles. The summed E-state index contributed by atoms with van der Waals surface area (Å²) in [5.41, 5.74) is 8.51. The minimum absolute atomic E-state index is 0.0833. The lowest BCUT2D eigenvalue weighted by Gasteiger charge is -2.16. The van der Waals surface area contributed by atoms with E-state index in [0.29, 0.717) is 17.4 Å². The molecule has 0 spiro atoms. The van der Waals surface area contributed by atoms with Gasteiger partial charge in [-0.3, -0.25) is 14.4 Å². The van der Waals surface area contributed by atoms with E-state index in [4.69, 9.17) is 20.1 Å². The van der Waals surface area contributed by atoms with Crippen molar-refractivity contribution in [2.24, 2.45) is 11.8 Å². The van der Waals surface area contributed by atoms with Gasteiger partial charge in [0.2, 0.25) is 0 Å². The topological polar surface area (TPSA) is 138 Å². The maximum atomic E-state index is 11.8. The van der Waals surface area contributed by atoms with Gasteiger partial charge in [0.15, 0.2) is 0 Å². The Labute approximate surface area is 363 Å². The van der Waals surface area contributed by atoms with Gasteiger partial charge in [-0.2, -0.15) is 0 Å². The van der Waals surface area contributed by atoms with E-state index < -0.39 is 23.8 Å². The van der Waals surface area contributed by atoms with Crippen LogP contribution in [0, 0.1) is 11.8 Å². The van der Waals surface area contributed by atoms with Gasteiger partial charge in [-0.15, -0.1) is 0 Å². The van der Waals surface area contributed by atoms with Crippen LogP contribution in [-0.4, -0.2) is 45.8 Å². The molecule has 324 valence electrons. The minimum Gasteiger partial charge on any atom is -0.481 e. The van der Waals surface area contributed by atoms with Crippen LogP contribution in [0.25, 0.3) is 0 Å². The van der Waals surface area contributed by atoms with Crippen LogP contribution in [-0.2, 0) is 19.1 Å². The number of esters is 1. The second-order valence-corrected chi connectivity index (χ2v) is 15.5. The highest BCUT2D eigenvalue weighted by molar-refractivity contribution is 5.87. The fourth-order valence-corrected chi connectivity index (χ4v) is 6.19. The Hall–Kier alpha value is -6.28. The fraction of sp³-hybridized carbons (Fsp3) is 0.321. The summed E-state index contributed by atoms with van der Waals surface area (Å²) < 4.78 is 4.96. The predicted octanol–water partition coefficient (Wildman–Crippen LogP) is 12.6. The van der Waals surface area contributed by atoms with Gasteiger partial charge in [0.1, 0.15) is 6.61 Å². The highest BCUT2D eigenvalue weighted by atomic mass is 16.5. The molecule has 0 saturated carbocycles. The van der Waals surface area contributed by atoms with Crippen molar-refractivity contribution < 1.29 is 39.2 Å². The second-order valence-electron chi connectivity index (χ2n) is 15.5. The maximum absolute atomic E-state index is 11.8. The number of carbonyl (C=O) groups is 4. The summed E-state index contributed by atoms with van der Waals surface area (Å²) in [6.45, 7) is 17.9. The number of allylic oxidation sites excluding steroid dienone is 6. The molecule has 0 aromatic heterocycles. The number of benzene rings is 4. The molecule has 0 saturated heterocycles. The average molecular weight is 829 g/mol. The highest BCUT2D eigenvalue weighted by Crippen LogP contribution is 2.28. The third-order valence-corrected chi connectivity index (χ3v) is 10.5. The highest BCUT2D eigenvalue weighted by Gasteiger charge is 2.18. The van der Waals surface area contributed by atoms with Crippen molar-refractivity contribution in [2.75, 3.05) is 6.61 Å². The zero-order chi connectivity index (χ0) is 45.5. The summed E-state index contributed by atoms with van der Waals surface area (Å²) >= 11 is 0. The van der Waals surface area contributed by atoms with Crippen LogP contribution in [0.2, 0.25) is 0 Å². The van der Waals surface area contributed by atoms with Crippen LogP contribution in [0.15, 0.2) is 162 Å². The molecule has 8 heteroatoms. The van der Waals surface area contributed by atoms with Crippen LogP contribution in [0.1, 0.15) is 125 Å². The van der Waals surface area contributed by atoms with E-state index in [1.165, 1.54) is 22.3 Å². The second kappa shape index (κ2) is 26.7. The molecule has 0 aliphatic rings. The first-order valence-electron chi connectivity index (χ1n) is 20.7. The third-order valence-electron chi connectivity index (χ3n) is 10.5. The molecule has 0 fully saturated rings. The maximum Gasteiger partial charge on any atom is 0.335 e. The number of carboxylic acid groups (broad SMARTS) is 3. The van der Waals surface area contributed by atoms with E-state index in [2.05, 4.69) is 83.2 Å². The van der Waals surface area contributed by atoms with Crippen molar-refractivity contribution in [1.29, 1.82) is 0 Å². The Morgan fingerprint density at radius 3 is 1.39 bits per heavy atom. The lowest BCUT2D eigenvalue weighted by molar-refractivity contribution is -0.149. The summed E-state index contributed by atoms with van der Waals surface area (Å²) in [6, 6.07) is 37.8. The number of hydrogen-bond acceptors (Lipinski definition) is 5. The lowest BCUT2D eigenvalue weighted by atomic mass is 9.89. The summed E-state index contributed by atoms with van der Waals surface area (Å²) in [5.74, 6) is -2.68. The molecule has 3 N–H and O–H groups in total. The first-order valence-corrected chi connectivity index (χ1v) is 20.7. The monoisotopic (exact) mass is 828 g/mol. The van der Waals surface area contributed by atoms with E-state index in [1.54, 1.807) is 32.1 Å². The molecule has 0 amide bonds. The van der Waals surface area contributed by atoms with E-state index in [0.717, 1.165) is 16.7 Å². The molecular weight excluding hydrogens is 765 g/mol. The molecule has 8 nitrogen and oxygen atoms in total. The molecule has 0 aliphatic heterocycles. The third kappa shape index (κ3) is 19.1. The largest absolute Gasteiger partial charge is 0.481 e. The SMILES string of the molecule is CC(=CC(C)c1ccccc1)C(C)C(=O)OCCC(=O)O.CC(=CC(C)c1ccccc1)C(C)c1ccc(C(=O)O)cc1.CC(C=CC(C)C(=O)O)=CC(C)c1ccccc1. The van der Waals surface area contributed by atoms with Crippen LogP contribution in [0.3, 0.4) is 0 Å². The standard InChI is InChI=1S/C20H22O2.C17H22O4.C16H20O2/c1-14(13-15(2)17-7-5-4-6-8-17)16(3)18-9-11-19(12-10-18)20(21)22;1-12(11-13(2)15-7-5-4-6-8-15)14(3)17(20)21-10-9-16(18)19;1-12(9-10-13(2)16(17)18)11-14(3)15-7-5-4-6-8-15/h4-13,15-16H,1-3H3,(H,21,22);4-8,11,13-14H,9-10H2,1-3H3,(H,18,19);4-11,13-14H,1-3H3,(H,17,18). The average Bonchev–Trinajstić information content (AvgIpc) is 3.26. The fourth-order valence-electron chi connectivity index (χ4n) is 6.19. The zero-order valence-corrected chi connectivity index (χ0v) is 37.1. The number of hydrogen-bond donors (Lipinski definition) is 3. The van der Waals surface area contributed by atoms with Crippen molar-refractivity contribution in [3.05, 3.63) is 190 Å². The number of rotatable bonds is 17. The molecule has 4 rings (SSSR count). The van der Waals surface area contributed by atoms with Crippen LogP contribution >= 0.6 is 0 Å². The summed E-state index contributed by atoms with van der Waals surface area (Å²) in [5, 5.41) is 26.3. The summed E-state index contributed by atoms with van der Waals surface area (Å²) in [4.78, 5) is 43.8. The number of carboxylic acids is 3. The molecule has 4 aromatic carbocycles. The number of aromatic carboxylic acids is 1. The van der Waals surface area contributed by atoms with E-state index in [9.17, 15) is 19.2 Å².